The van der Waals surface area contributed by atoms with Gasteiger partial charge in [0.25, 0.3) is 5.91 Å². The van der Waals surface area contributed by atoms with Gasteiger partial charge in [0.15, 0.2) is 6.54 Å². The molecule has 146 valence electrons. The smallest absolute Gasteiger partial charge is 0.275 e. The number of rotatable bonds is 6. The van der Waals surface area contributed by atoms with Gasteiger partial charge in [-0.25, -0.2) is 9.07 Å². The van der Waals surface area contributed by atoms with Crippen LogP contribution in [-0.2, 0) is 11.2 Å². The maximum Gasteiger partial charge on any atom is 0.275 e. The topological polar surface area (TPSA) is 64.2 Å². The molecule has 28 heavy (non-hydrogen) atoms. The molecule has 1 aromatic heterocycles. The molecule has 0 spiro atoms. The van der Waals surface area contributed by atoms with Crippen molar-refractivity contribution >= 4 is 16.9 Å². The van der Waals surface area contributed by atoms with E-state index in [9.17, 15) is 9.18 Å². The lowest BCUT2D eigenvalue weighted by Gasteiger charge is -2.29. The number of likely N-dealkylation sites (tertiary alicyclic amines) is 1. The molecule has 4 rings (SSSR count). The van der Waals surface area contributed by atoms with Gasteiger partial charge in [0.05, 0.1) is 24.6 Å². The van der Waals surface area contributed by atoms with E-state index in [-0.39, 0.29) is 17.8 Å². The van der Waals surface area contributed by atoms with Crippen LogP contribution in [0, 0.1) is 5.82 Å². The highest BCUT2D eigenvalue weighted by molar-refractivity contribution is 5.76. The Balaban J connectivity index is 1.24. The summed E-state index contributed by atoms with van der Waals surface area (Å²) in [6, 6.07) is 15.0. The van der Waals surface area contributed by atoms with Gasteiger partial charge in [-0.3, -0.25) is 4.79 Å². The molecular formula is C21H25FN5O+. The van der Waals surface area contributed by atoms with Gasteiger partial charge in [0.2, 0.25) is 0 Å². The first-order valence-corrected chi connectivity index (χ1v) is 9.84. The van der Waals surface area contributed by atoms with Gasteiger partial charge >= 0.3 is 0 Å². The highest BCUT2D eigenvalue weighted by atomic mass is 19.1. The van der Waals surface area contributed by atoms with Crippen LogP contribution >= 0.6 is 0 Å². The number of quaternary nitrogens is 1. The molecule has 0 atom stereocenters. The second kappa shape index (κ2) is 8.48. The molecule has 1 aliphatic heterocycles. The van der Waals surface area contributed by atoms with Gasteiger partial charge in [0, 0.05) is 25.5 Å². The Morgan fingerprint density at radius 2 is 1.96 bits per heavy atom. The fraction of sp³-hybridized carbons (Fsp3) is 0.381. The fourth-order valence-electron chi connectivity index (χ4n) is 3.90. The van der Waals surface area contributed by atoms with Crippen molar-refractivity contribution in [3.8, 4) is 0 Å². The molecule has 3 aromatic rings. The van der Waals surface area contributed by atoms with Crippen LogP contribution in [0.1, 0.15) is 24.4 Å². The highest BCUT2D eigenvalue weighted by Crippen LogP contribution is 2.22. The number of amides is 1. The van der Waals surface area contributed by atoms with E-state index < -0.39 is 0 Å². The first-order chi connectivity index (χ1) is 13.7. The van der Waals surface area contributed by atoms with Crippen molar-refractivity contribution in [2.24, 2.45) is 0 Å². The number of hydrogen-bond acceptors (Lipinski definition) is 3. The second-order valence-corrected chi connectivity index (χ2v) is 7.41. The van der Waals surface area contributed by atoms with Gasteiger partial charge in [0.1, 0.15) is 11.3 Å². The largest absolute Gasteiger partial charge is 0.351 e. The zero-order chi connectivity index (χ0) is 19.3. The van der Waals surface area contributed by atoms with E-state index in [2.05, 4.69) is 27.8 Å². The summed E-state index contributed by atoms with van der Waals surface area (Å²) in [6.07, 6.45) is 2.72. The zero-order valence-corrected chi connectivity index (χ0v) is 15.8. The lowest BCUT2D eigenvalue weighted by Crippen LogP contribution is -3.14. The molecule has 0 unspecified atom stereocenters. The van der Waals surface area contributed by atoms with E-state index in [1.807, 2.05) is 22.9 Å². The summed E-state index contributed by atoms with van der Waals surface area (Å²) in [6.45, 7) is 3.00. The average Bonchev–Trinajstić information content (AvgIpc) is 3.12. The maximum atomic E-state index is 13.3. The number of nitrogens with zero attached hydrogens (tertiary/aromatic N) is 3. The van der Waals surface area contributed by atoms with Crippen molar-refractivity contribution in [1.29, 1.82) is 0 Å². The normalized spacial score (nSPS) is 19.6. The van der Waals surface area contributed by atoms with Gasteiger partial charge in [-0.15, -0.1) is 5.10 Å². The summed E-state index contributed by atoms with van der Waals surface area (Å²) >= 11 is 0. The molecule has 1 aliphatic rings. The van der Waals surface area contributed by atoms with Crippen LogP contribution < -0.4 is 10.2 Å². The molecule has 2 aromatic carbocycles. The van der Waals surface area contributed by atoms with Crippen molar-refractivity contribution in [2.45, 2.75) is 25.3 Å². The lowest BCUT2D eigenvalue weighted by atomic mass is 10.0. The van der Waals surface area contributed by atoms with E-state index in [0.717, 1.165) is 37.9 Å². The Hall–Kier alpha value is -2.80. The third kappa shape index (κ3) is 4.36. The minimum Gasteiger partial charge on any atom is -0.351 e. The van der Waals surface area contributed by atoms with Crippen LogP contribution in [0.15, 0.2) is 48.5 Å². The van der Waals surface area contributed by atoms with Crippen molar-refractivity contribution in [1.82, 2.24) is 20.3 Å². The third-order valence-corrected chi connectivity index (χ3v) is 5.43. The predicted molar refractivity (Wildman–Crippen MR) is 104 cm³/mol. The van der Waals surface area contributed by atoms with Gasteiger partial charge in [-0.1, -0.05) is 35.5 Å². The standard InChI is InChI=1S/C21H24FN5O/c22-17-6-7-20-19(14-17)24-25-27(20)18-9-12-26(13-10-18)15-21(28)23-11-8-16-4-2-1-3-5-16/h1-7,14,18H,8-13,15H2,(H,23,28)/p+1. The van der Waals surface area contributed by atoms with Crippen molar-refractivity contribution in [3.05, 3.63) is 59.9 Å². The molecule has 0 radical (unpaired) electrons. The molecule has 2 N–H and O–H groups in total. The van der Waals surface area contributed by atoms with Crippen LogP contribution in [-0.4, -0.2) is 47.1 Å². The molecule has 0 bridgehead atoms. The van der Waals surface area contributed by atoms with Gasteiger partial charge < -0.3 is 10.2 Å². The van der Waals surface area contributed by atoms with Crippen LogP contribution in [0.2, 0.25) is 0 Å². The summed E-state index contributed by atoms with van der Waals surface area (Å²) in [7, 11) is 0. The maximum absolute atomic E-state index is 13.3. The summed E-state index contributed by atoms with van der Waals surface area (Å²) < 4.78 is 15.2. The van der Waals surface area contributed by atoms with E-state index in [1.54, 1.807) is 6.07 Å². The number of carbonyl (C=O) groups excluding carboxylic acids is 1. The Kier molecular flexibility index (Phi) is 5.62. The quantitative estimate of drug-likeness (QED) is 0.672. The monoisotopic (exact) mass is 382 g/mol. The number of benzene rings is 2. The van der Waals surface area contributed by atoms with Gasteiger partial charge in [-0.2, -0.15) is 0 Å². The summed E-state index contributed by atoms with van der Waals surface area (Å²) in [5, 5.41) is 11.3. The summed E-state index contributed by atoms with van der Waals surface area (Å²) in [5.74, 6) is -0.192. The molecule has 0 saturated carbocycles. The van der Waals surface area contributed by atoms with Gasteiger partial charge in [-0.05, 0) is 24.1 Å². The predicted octanol–water partition coefficient (Wildman–Crippen LogP) is 1.15. The number of halogens is 1. The zero-order valence-electron chi connectivity index (χ0n) is 15.8. The highest BCUT2D eigenvalue weighted by Gasteiger charge is 2.26. The molecular weight excluding hydrogens is 357 g/mol. The minimum absolute atomic E-state index is 0.103. The molecule has 6 nitrogen and oxygen atoms in total. The third-order valence-electron chi connectivity index (χ3n) is 5.43. The number of aromatic nitrogens is 3. The molecule has 1 amide bonds. The number of hydrogen-bond donors (Lipinski definition) is 2. The van der Waals surface area contributed by atoms with Crippen molar-refractivity contribution in [3.63, 3.8) is 0 Å². The molecule has 1 fully saturated rings. The molecule has 0 aliphatic carbocycles. The SMILES string of the molecule is O=C(C[NH+]1CCC(n2nnc3cc(F)ccc32)CC1)NCCc1ccccc1. The van der Waals surface area contributed by atoms with Crippen LogP contribution in [0.4, 0.5) is 4.39 Å². The first kappa shape index (κ1) is 18.6. The Labute approximate surface area is 163 Å². The second-order valence-electron chi connectivity index (χ2n) is 7.41. The molecule has 1 saturated heterocycles. The molecule has 2 heterocycles. The van der Waals surface area contributed by atoms with Crippen molar-refractivity contribution in [2.75, 3.05) is 26.2 Å². The van der Waals surface area contributed by atoms with E-state index >= 15 is 0 Å². The van der Waals surface area contributed by atoms with Crippen LogP contribution in [0.3, 0.4) is 0 Å². The number of fused-ring (bicyclic) bond motifs is 1. The Morgan fingerprint density at radius 1 is 1.18 bits per heavy atom. The lowest BCUT2D eigenvalue weighted by molar-refractivity contribution is -0.897. The van der Waals surface area contributed by atoms with E-state index in [1.165, 1.54) is 22.6 Å². The minimum atomic E-state index is -0.294. The number of nitrogens with one attached hydrogen (secondary N) is 2. The van der Waals surface area contributed by atoms with Crippen LogP contribution in [0.25, 0.3) is 11.0 Å². The summed E-state index contributed by atoms with van der Waals surface area (Å²) in [5.41, 5.74) is 2.69. The molecule has 7 heteroatoms. The number of piperidine rings is 1. The average molecular weight is 382 g/mol. The number of carbonyl (C=O) groups is 1. The Bertz CT molecular complexity index is 934. The first-order valence-electron chi connectivity index (χ1n) is 9.84. The van der Waals surface area contributed by atoms with Crippen molar-refractivity contribution < 1.29 is 14.1 Å². The van der Waals surface area contributed by atoms with E-state index in [4.69, 9.17) is 0 Å². The Morgan fingerprint density at radius 3 is 2.75 bits per heavy atom. The van der Waals surface area contributed by atoms with E-state index in [0.29, 0.717) is 18.6 Å². The summed E-state index contributed by atoms with van der Waals surface area (Å²) in [4.78, 5) is 13.5. The fourth-order valence-corrected chi connectivity index (χ4v) is 3.90. The van der Waals surface area contributed by atoms with Crippen LogP contribution in [0.5, 0.6) is 0 Å².